The van der Waals surface area contributed by atoms with Crippen LogP contribution in [-0.2, 0) is 22.1 Å². The minimum atomic E-state index is -4.51. The Morgan fingerprint density at radius 1 is 1.11 bits per heavy atom. The fourth-order valence-corrected chi connectivity index (χ4v) is 2.78. The molecule has 0 radical (unpaired) electrons. The van der Waals surface area contributed by atoms with Gasteiger partial charge in [0.25, 0.3) is 5.91 Å². The van der Waals surface area contributed by atoms with Gasteiger partial charge in [0.15, 0.2) is 0 Å². The van der Waals surface area contributed by atoms with Crippen molar-refractivity contribution < 1.29 is 27.5 Å². The van der Waals surface area contributed by atoms with Crippen LogP contribution in [0.5, 0.6) is 0 Å². The standard InChI is InChI=1S/C18H14Cl2F3NO3/c1-27-17(26)15(8-11-4-7-13(19)9-14(11)20)24-16(25)10-2-5-12(6-3-10)18(21,22)23/h2-7,9,15H,8H2,1H3,(H,24,25)/t15-/m0/s1. The van der Waals surface area contributed by atoms with E-state index in [9.17, 15) is 22.8 Å². The molecule has 1 atom stereocenters. The van der Waals surface area contributed by atoms with Gasteiger partial charge in [-0.25, -0.2) is 4.79 Å². The van der Waals surface area contributed by atoms with Crippen molar-refractivity contribution in [2.75, 3.05) is 7.11 Å². The van der Waals surface area contributed by atoms with Crippen LogP contribution < -0.4 is 5.32 Å². The summed E-state index contributed by atoms with van der Waals surface area (Å²) in [6.45, 7) is 0. The number of amides is 1. The maximum atomic E-state index is 12.6. The molecule has 2 aromatic rings. The van der Waals surface area contributed by atoms with Crippen molar-refractivity contribution in [3.8, 4) is 0 Å². The third-order valence-electron chi connectivity index (χ3n) is 3.70. The fourth-order valence-electron chi connectivity index (χ4n) is 2.29. The lowest BCUT2D eigenvalue weighted by molar-refractivity contribution is -0.142. The Balaban J connectivity index is 2.18. The molecule has 0 aliphatic carbocycles. The van der Waals surface area contributed by atoms with Gasteiger partial charge in [-0.15, -0.1) is 0 Å². The van der Waals surface area contributed by atoms with Gasteiger partial charge in [-0.05, 0) is 42.0 Å². The Morgan fingerprint density at radius 3 is 2.26 bits per heavy atom. The molecule has 144 valence electrons. The van der Waals surface area contributed by atoms with E-state index in [2.05, 4.69) is 10.1 Å². The van der Waals surface area contributed by atoms with Crippen LogP contribution in [0.3, 0.4) is 0 Å². The quantitative estimate of drug-likeness (QED) is 0.724. The van der Waals surface area contributed by atoms with Crippen molar-refractivity contribution in [3.63, 3.8) is 0 Å². The Morgan fingerprint density at radius 2 is 1.74 bits per heavy atom. The first-order valence-corrected chi connectivity index (χ1v) is 8.37. The number of esters is 1. The largest absolute Gasteiger partial charge is 0.467 e. The molecule has 9 heteroatoms. The number of halogens is 5. The zero-order valence-electron chi connectivity index (χ0n) is 13.9. The molecule has 2 aromatic carbocycles. The third kappa shape index (κ3) is 5.61. The van der Waals surface area contributed by atoms with Crippen LogP contribution in [0.2, 0.25) is 10.0 Å². The molecule has 0 unspecified atom stereocenters. The molecule has 2 rings (SSSR count). The number of carbonyl (C=O) groups is 2. The SMILES string of the molecule is COC(=O)[C@H](Cc1ccc(Cl)cc1Cl)NC(=O)c1ccc(C(F)(F)F)cc1. The van der Waals surface area contributed by atoms with Gasteiger partial charge in [-0.2, -0.15) is 13.2 Å². The third-order valence-corrected chi connectivity index (χ3v) is 4.29. The van der Waals surface area contributed by atoms with Gasteiger partial charge in [0.1, 0.15) is 6.04 Å². The molecular weight excluding hydrogens is 406 g/mol. The van der Waals surface area contributed by atoms with Crippen molar-refractivity contribution in [1.29, 1.82) is 0 Å². The summed E-state index contributed by atoms with van der Waals surface area (Å²) in [5.74, 6) is -1.44. The molecule has 0 saturated carbocycles. The van der Waals surface area contributed by atoms with Crippen LogP contribution in [0.1, 0.15) is 21.5 Å². The van der Waals surface area contributed by atoms with Gasteiger partial charge < -0.3 is 10.1 Å². The number of hydrogen-bond donors (Lipinski definition) is 1. The zero-order chi connectivity index (χ0) is 20.2. The second-order valence-electron chi connectivity index (χ2n) is 5.56. The molecule has 0 heterocycles. The van der Waals surface area contributed by atoms with E-state index in [-0.39, 0.29) is 12.0 Å². The van der Waals surface area contributed by atoms with E-state index < -0.39 is 29.7 Å². The van der Waals surface area contributed by atoms with E-state index in [4.69, 9.17) is 23.2 Å². The van der Waals surface area contributed by atoms with E-state index in [0.29, 0.717) is 15.6 Å². The van der Waals surface area contributed by atoms with E-state index >= 15 is 0 Å². The summed E-state index contributed by atoms with van der Waals surface area (Å²) >= 11 is 11.9. The topological polar surface area (TPSA) is 55.4 Å². The summed E-state index contributed by atoms with van der Waals surface area (Å²) in [7, 11) is 1.16. The first-order chi connectivity index (χ1) is 12.6. The van der Waals surface area contributed by atoms with Gasteiger partial charge in [-0.1, -0.05) is 29.3 Å². The summed E-state index contributed by atoms with van der Waals surface area (Å²) in [4.78, 5) is 24.3. The van der Waals surface area contributed by atoms with Gasteiger partial charge in [0.05, 0.1) is 12.7 Å². The van der Waals surface area contributed by atoms with Gasteiger partial charge in [0.2, 0.25) is 0 Å². The normalized spacial score (nSPS) is 12.4. The highest BCUT2D eigenvalue weighted by atomic mass is 35.5. The molecule has 4 nitrogen and oxygen atoms in total. The minimum Gasteiger partial charge on any atom is -0.467 e. The summed E-state index contributed by atoms with van der Waals surface area (Å²) < 4.78 is 42.5. The van der Waals surface area contributed by atoms with Crippen molar-refractivity contribution in [2.45, 2.75) is 18.6 Å². The maximum absolute atomic E-state index is 12.6. The summed E-state index contributed by atoms with van der Waals surface area (Å²) in [5, 5.41) is 3.16. The average molecular weight is 420 g/mol. The molecule has 0 aromatic heterocycles. The van der Waals surface area contributed by atoms with Crippen LogP contribution in [0.15, 0.2) is 42.5 Å². The summed E-state index contributed by atoms with van der Waals surface area (Å²) in [6, 6.07) is 7.23. The number of rotatable bonds is 5. The molecule has 0 aliphatic rings. The predicted molar refractivity (Wildman–Crippen MR) is 94.9 cm³/mol. The van der Waals surface area contributed by atoms with Crippen LogP contribution in [-0.4, -0.2) is 25.0 Å². The van der Waals surface area contributed by atoms with Crippen LogP contribution >= 0.6 is 23.2 Å². The van der Waals surface area contributed by atoms with Crippen LogP contribution in [0.4, 0.5) is 13.2 Å². The number of nitrogens with one attached hydrogen (secondary N) is 1. The van der Waals surface area contributed by atoms with E-state index in [1.54, 1.807) is 12.1 Å². The van der Waals surface area contributed by atoms with Crippen molar-refractivity contribution in [2.24, 2.45) is 0 Å². The number of methoxy groups -OCH3 is 1. The highest BCUT2D eigenvalue weighted by Crippen LogP contribution is 2.29. The molecule has 1 amide bonds. The Bertz CT molecular complexity index is 839. The van der Waals surface area contributed by atoms with Crippen molar-refractivity contribution >= 4 is 35.1 Å². The monoisotopic (exact) mass is 419 g/mol. The second-order valence-corrected chi connectivity index (χ2v) is 6.41. The van der Waals surface area contributed by atoms with Crippen LogP contribution in [0, 0.1) is 0 Å². The lowest BCUT2D eigenvalue weighted by Gasteiger charge is -2.17. The Hall–Kier alpha value is -2.25. The number of benzene rings is 2. The highest BCUT2D eigenvalue weighted by molar-refractivity contribution is 6.35. The smallest absolute Gasteiger partial charge is 0.416 e. The molecule has 0 aliphatic heterocycles. The highest BCUT2D eigenvalue weighted by Gasteiger charge is 2.30. The molecule has 0 bridgehead atoms. The van der Waals surface area contributed by atoms with E-state index in [0.717, 1.165) is 31.4 Å². The molecule has 0 saturated heterocycles. The molecular formula is C18H14Cl2F3NO3. The summed E-state index contributed by atoms with van der Waals surface area (Å²) in [6.07, 6.45) is -4.48. The fraction of sp³-hybridized carbons (Fsp3) is 0.222. The van der Waals surface area contributed by atoms with Gasteiger partial charge >= 0.3 is 12.1 Å². The van der Waals surface area contributed by atoms with E-state index in [1.807, 2.05) is 0 Å². The second kappa shape index (κ2) is 8.63. The Labute approximate surface area is 163 Å². The summed E-state index contributed by atoms with van der Waals surface area (Å²) in [5.41, 5.74) is -0.361. The average Bonchev–Trinajstić information content (AvgIpc) is 2.61. The van der Waals surface area contributed by atoms with Crippen LogP contribution in [0.25, 0.3) is 0 Å². The Kier molecular flexibility index (Phi) is 6.73. The number of alkyl halides is 3. The predicted octanol–water partition coefficient (Wildman–Crippen LogP) is 4.53. The molecule has 27 heavy (non-hydrogen) atoms. The molecule has 1 N–H and O–H groups in total. The van der Waals surface area contributed by atoms with Crippen molar-refractivity contribution in [3.05, 3.63) is 69.2 Å². The maximum Gasteiger partial charge on any atom is 0.416 e. The first kappa shape index (κ1) is 21.1. The minimum absolute atomic E-state index is 0.0229. The van der Waals surface area contributed by atoms with E-state index in [1.165, 1.54) is 6.07 Å². The number of hydrogen-bond acceptors (Lipinski definition) is 3. The zero-order valence-corrected chi connectivity index (χ0v) is 15.5. The van der Waals surface area contributed by atoms with Gasteiger partial charge in [-0.3, -0.25) is 4.79 Å². The molecule has 0 spiro atoms. The first-order valence-electron chi connectivity index (χ1n) is 7.61. The number of carbonyl (C=O) groups excluding carboxylic acids is 2. The lowest BCUT2D eigenvalue weighted by Crippen LogP contribution is -2.43. The van der Waals surface area contributed by atoms with Gasteiger partial charge in [0, 0.05) is 22.0 Å². The molecule has 0 fully saturated rings. The van der Waals surface area contributed by atoms with Crippen molar-refractivity contribution in [1.82, 2.24) is 5.32 Å². The lowest BCUT2D eigenvalue weighted by atomic mass is 10.0. The number of ether oxygens (including phenoxy) is 1.